The minimum Gasteiger partial charge on any atom is -0.356 e. The second-order valence-electron chi connectivity index (χ2n) is 4.69. The van der Waals surface area contributed by atoms with Crippen LogP contribution in [0.3, 0.4) is 0 Å². The molecule has 2 aromatic rings. The van der Waals surface area contributed by atoms with Gasteiger partial charge in [0.2, 0.25) is 0 Å². The molecule has 1 atom stereocenters. The summed E-state index contributed by atoms with van der Waals surface area (Å²) in [6, 6.07) is 16.1. The Kier molecular flexibility index (Phi) is 4.99. The first-order valence-electron chi connectivity index (χ1n) is 6.45. The van der Waals surface area contributed by atoms with Crippen molar-refractivity contribution in [3.8, 4) is 0 Å². The summed E-state index contributed by atoms with van der Waals surface area (Å²) < 4.78 is 0. The van der Waals surface area contributed by atoms with E-state index < -0.39 is 0 Å². The van der Waals surface area contributed by atoms with Crippen LogP contribution in [0.5, 0.6) is 0 Å². The number of rotatable bonds is 3. The Bertz CT molecular complexity index is 599. The van der Waals surface area contributed by atoms with Crippen molar-refractivity contribution in [2.24, 2.45) is 0 Å². The van der Waals surface area contributed by atoms with Gasteiger partial charge in [0.1, 0.15) is 0 Å². The number of aryl methyl sites for hydroxylation is 1. The fraction of sp³-hybridized carbons (Fsp3) is 0.188. The van der Waals surface area contributed by atoms with Crippen LogP contribution in [0.4, 0.5) is 5.69 Å². The molecule has 0 fully saturated rings. The maximum Gasteiger partial charge on any atom is 0.171 e. The molecule has 2 aromatic carbocycles. The SMILES string of the molecule is Cc1ccc(NC(=S)N[C@@H](C)c2ccccc2)cc1Cl. The minimum absolute atomic E-state index is 0.150. The second-order valence-corrected chi connectivity index (χ2v) is 5.51. The summed E-state index contributed by atoms with van der Waals surface area (Å²) >= 11 is 11.4. The maximum absolute atomic E-state index is 6.10. The van der Waals surface area contributed by atoms with Crippen LogP contribution in [0.25, 0.3) is 0 Å². The molecule has 20 heavy (non-hydrogen) atoms. The number of thiocarbonyl (C=S) groups is 1. The van der Waals surface area contributed by atoms with E-state index in [2.05, 4.69) is 29.7 Å². The average molecular weight is 305 g/mol. The van der Waals surface area contributed by atoms with Gasteiger partial charge in [0.05, 0.1) is 6.04 Å². The number of nitrogens with one attached hydrogen (secondary N) is 2. The van der Waals surface area contributed by atoms with E-state index in [1.807, 2.05) is 43.3 Å². The Labute approximate surface area is 130 Å². The van der Waals surface area contributed by atoms with Gasteiger partial charge in [0, 0.05) is 10.7 Å². The Morgan fingerprint density at radius 3 is 2.50 bits per heavy atom. The van der Waals surface area contributed by atoms with Gasteiger partial charge in [-0.3, -0.25) is 0 Å². The third kappa shape index (κ3) is 3.95. The highest BCUT2D eigenvalue weighted by atomic mass is 35.5. The van der Waals surface area contributed by atoms with Gasteiger partial charge in [-0.2, -0.15) is 0 Å². The number of benzene rings is 2. The molecule has 0 spiro atoms. The number of halogens is 1. The van der Waals surface area contributed by atoms with Gasteiger partial charge in [0.15, 0.2) is 5.11 Å². The monoisotopic (exact) mass is 304 g/mol. The molecule has 0 unspecified atom stereocenters. The molecule has 0 bridgehead atoms. The standard InChI is InChI=1S/C16H17ClN2S/c1-11-8-9-14(10-15(11)17)19-16(20)18-12(2)13-6-4-3-5-7-13/h3-10,12H,1-2H3,(H2,18,19,20)/t12-/m0/s1. The lowest BCUT2D eigenvalue weighted by Crippen LogP contribution is -2.30. The zero-order valence-corrected chi connectivity index (χ0v) is 13.1. The summed E-state index contributed by atoms with van der Waals surface area (Å²) in [7, 11) is 0. The smallest absolute Gasteiger partial charge is 0.171 e. The third-order valence-electron chi connectivity index (χ3n) is 3.08. The van der Waals surface area contributed by atoms with Crippen molar-refractivity contribution in [3.63, 3.8) is 0 Å². The largest absolute Gasteiger partial charge is 0.356 e. The normalized spacial score (nSPS) is 11.8. The lowest BCUT2D eigenvalue weighted by molar-refractivity contribution is 0.722. The van der Waals surface area contributed by atoms with Crippen molar-refractivity contribution in [2.45, 2.75) is 19.9 Å². The number of anilines is 1. The highest BCUT2D eigenvalue weighted by Gasteiger charge is 2.07. The predicted octanol–water partition coefficient (Wildman–Crippen LogP) is 4.70. The summed E-state index contributed by atoms with van der Waals surface area (Å²) in [5.41, 5.74) is 3.13. The van der Waals surface area contributed by atoms with E-state index in [1.165, 1.54) is 5.56 Å². The fourth-order valence-corrected chi connectivity index (χ4v) is 2.33. The van der Waals surface area contributed by atoms with E-state index in [4.69, 9.17) is 23.8 Å². The molecular weight excluding hydrogens is 288 g/mol. The Morgan fingerprint density at radius 1 is 1.15 bits per heavy atom. The van der Waals surface area contributed by atoms with Crippen molar-refractivity contribution in [1.29, 1.82) is 0 Å². The van der Waals surface area contributed by atoms with Crippen LogP contribution in [0.15, 0.2) is 48.5 Å². The van der Waals surface area contributed by atoms with Gasteiger partial charge < -0.3 is 10.6 Å². The molecule has 0 saturated heterocycles. The van der Waals surface area contributed by atoms with Crippen LogP contribution in [0.1, 0.15) is 24.1 Å². The molecule has 2 rings (SSSR count). The number of hydrogen-bond acceptors (Lipinski definition) is 1. The maximum atomic E-state index is 6.10. The minimum atomic E-state index is 0.150. The van der Waals surface area contributed by atoms with E-state index >= 15 is 0 Å². The molecular formula is C16H17ClN2S. The van der Waals surface area contributed by atoms with E-state index in [1.54, 1.807) is 0 Å². The van der Waals surface area contributed by atoms with E-state index in [0.29, 0.717) is 5.11 Å². The van der Waals surface area contributed by atoms with E-state index in [0.717, 1.165) is 16.3 Å². The van der Waals surface area contributed by atoms with Crippen LogP contribution in [-0.4, -0.2) is 5.11 Å². The first kappa shape index (κ1) is 14.8. The topological polar surface area (TPSA) is 24.1 Å². The van der Waals surface area contributed by atoms with Crippen LogP contribution >= 0.6 is 23.8 Å². The van der Waals surface area contributed by atoms with Crippen LogP contribution in [0.2, 0.25) is 5.02 Å². The molecule has 0 radical (unpaired) electrons. The first-order valence-corrected chi connectivity index (χ1v) is 7.23. The van der Waals surface area contributed by atoms with Gasteiger partial charge >= 0.3 is 0 Å². The van der Waals surface area contributed by atoms with Gasteiger partial charge in [-0.1, -0.05) is 48.0 Å². The highest BCUT2D eigenvalue weighted by Crippen LogP contribution is 2.20. The van der Waals surface area contributed by atoms with Crippen molar-refractivity contribution in [1.82, 2.24) is 5.32 Å². The average Bonchev–Trinajstić information content (AvgIpc) is 2.44. The van der Waals surface area contributed by atoms with Crippen molar-refractivity contribution in [3.05, 3.63) is 64.7 Å². The molecule has 2 N–H and O–H groups in total. The van der Waals surface area contributed by atoms with E-state index in [-0.39, 0.29) is 6.04 Å². The molecule has 0 aliphatic carbocycles. The quantitative estimate of drug-likeness (QED) is 0.804. The summed E-state index contributed by atoms with van der Waals surface area (Å²) in [5, 5.41) is 7.72. The highest BCUT2D eigenvalue weighted by molar-refractivity contribution is 7.80. The second kappa shape index (κ2) is 6.73. The summed E-state index contributed by atoms with van der Waals surface area (Å²) in [6.45, 7) is 4.05. The van der Waals surface area contributed by atoms with Crippen LogP contribution < -0.4 is 10.6 Å². The van der Waals surface area contributed by atoms with Crippen molar-refractivity contribution >= 4 is 34.6 Å². The summed E-state index contributed by atoms with van der Waals surface area (Å²) in [5.74, 6) is 0. The van der Waals surface area contributed by atoms with Gasteiger partial charge in [-0.05, 0) is 49.3 Å². The van der Waals surface area contributed by atoms with Crippen LogP contribution in [0, 0.1) is 6.92 Å². The Balaban J connectivity index is 1.97. The molecule has 0 aliphatic heterocycles. The predicted molar refractivity (Wildman–Crippen MR) is 90.4 cm³/mol. The first-order chi connectivity index (χ1) is 9.56. The van der Waals surface area contributed by atoms with Crippen molar-refractivity contribution < 1.29 is 0 Å². The zero-order chi connectivity index (χ0) is 14.5. The zero-order valence-electron chi connectivity index (χ0n) is 11.5. The lowest BCUT2D eigenvalue weighted by atomic mass is 10.1. The summed E-state index contributed by atoms with van der Waals surface area (Å²) in [4.78, 5) is 0. The fourth-order valence-electron chi connectivity index (χ4n) is 1.86. The van der Waals surface area contributed by atoms with E-state index in [9.17, 15) is 0 Å². The summed E-state index contributed by atoms with van der Waals surface area (Å²) in [6.07, 6.45) is 0. The van der Waals surface area contributed by atoms with Crippen molar-refractivity contribution in [2.75, 3.05) is 5.32 Å². The Hall–Kier alpha value is -1.58. The molecule has 0 amide bonds. The lowest BCUT2D eigenvalue weighted by Gasteiger charge is -2.17. The molecule has 2 nitrogen and oxygen atoms in total. The van der Waals surface area contributed by atoms with Gasteiger partial charge in [-0.15, -0.1) is 0 Å². The van der Waals surface area contributed by atoms with Gasteiger partial charge in [-0.25, -0.2) is 0 Å². The molecule has 0 aromatic heterocycles. The molecule has 0 saturated carbocycles. The molecule has 104 valence electrons. The molecule has 0 heterocycles. The molecule has 0 aliphatic rings. The Morgan fingerprint density at radius 2 is 1.85 bits per heavy atom. The van der Waals surface area contributed by atoms with Crippen LogP contribution in [-0.2, 0) is 0 Å². The molecule has 4 heteroatoms. The van der Waals surface area contributed by atoms with Gasteiger partial charge in [0.25, 0.3) is 0 Å². The number of hydrogen-bond donors (Lipinski definition) is 2. The third-order valence-corrected chi connectivity index (χ3v) is 3.70.